The van der Waals surface area contributed by atoms with Gasteiger partial charge in [0, 0.05) is 13.7 Å². The molecular weight excluding hydrogens is 214 g/mol. The van der Waals surface area contributed by atoms with Crippen molar-refractivity contribution in [1.82, 2.24) is 5.32 Å². The van der Waals surface area contributed by atoms with Crippen molar-refractivity contribution in [2.45, 2.75) is 0 Å². The molecule has 6 nitrogen and oxygen atoms in total. The summed E-state index contributed by atoms with van der Waals surface area (Å²) >= 11 is 0. The van der Waals surface area contributed by atoms with Gasteiger partial charge >= 0.3 is 0 Å². The van der Waals surface area contributed by atoms with Crippen LogP contribution in [0.5, 0.6) is 0 Å². The molecule has 0 unspecified atom stereocenters. The Hall–Kier alpha value is -0.690. The lowest BCUT2D eigenvalue weighted by molar-refractivity contribution is -0.109. The quantitative estimate of drug-likeness (QED) is 0.342. The number of rotatable bonds is 13. The number of hydrogen-bond acceptors (Lipinski definition) is 5. The molecule has 0 aromatic carbocycles. The van der Waals surface area contributed by atoms with Crippen LogP contribution in [0.3, 0.4) is 0 Å². The Balaban J connectivity index is 2.85. The van der Waals surface area contributed by atoms with Crippen LogP contribution in [-0.2, 0) is 23.7 Å². The van der Waals surface area contributed by atoms with Gasteiger partial charge in [-0.1, -0.05) is 0 Å². The largest absolute Gasteiger partial charge is 0.382 e. The Labute approximate surface area is 96.2 Å². The molecule has 0 bridgehead atoms. The van der Waals surface area contributed by atoms with E-state index in [9.17, 15) is 4.79 Å². The van der Waals surface area contributed by atoms with E-state index in [0.29, 0.717) is 59.2 Å². The summed E-state index contributed by atoms with van der Waals surface area (Å²) in [4.78, 5) is 9.87. The number of ether oxygens (including phenoxy) is 4. The van der Waals surface area contributed by atoms with Crippen molar-refractivity contribution < 1.29 is 23.7 Å². The molecule has 0 saturated heterocycles. The summed E-state index contributed by atoms with van der Waals surface area (Å²) in [5, 5.41) is 2.50. The molecule has 0 radical (unpaired) electrons. The number of methoxy groups -OCH3 is 1. The van der Waals surface area contributed by atoms with Crippen LogP contribution in [0.25, 0.3) is 0 Å². The summed E-state index contributed by atoms with van der Waals surface area (Å²) in [6.07, 6.45) is 0.650. The first-order valence-corrected chi connectivity index (χ1v) is 5.31. The first kappa shape index (κ1) is 15.3. The molecule has 0 fully saturated rings. The maximum absolute atomic E-state index is 9.87. The third-order valence-electron chi connectivity index (χ3n) is 1.65. The third-order valence-corrected chi connectivity index (χ3v) is 1.65. The highest BCUT2D eigenvalue weighted by molar-refractivity contribution is 5.45. The SMILES string of the molecule is COCCOCCOCCOCCNC=O. The monoisotopic (exact) mass is 235 g/mol. The molecule has 0 rings (SSSR count). The number of hydrogen-bond donors (Lipinski definition) is 1. The normalized spacial score (nSPS) is 10.3. The Kier molecular flexibility index (Phi) is 13.7. The Morgan fingerprint density at radius 2 is 1.38 bits per heavy atom. The van der Waals surface area contributed by atoms with Gasteiger partial charge in [-0.15, -0.1) is 0 Å². The van der Waals surface area contributed by atoms with Crippen LogP contribution < -0.4 is 5.32 Å². The molecule has 0 aromatic heterocycles. The highest BCUT2D eigenvalue weighted by Gasteiger charge is 1.91. The van der Waals surface area contributed by atoms with E-state index >= 15 is 0 Å². The highest BCUT2D eigenvalue weighted by atomic mass is 16.6. The Morgan fingerprint density at radius 3 is 1.88 bits per heavy atom. The van der Waals surface area contributed by atoms with Gasteiger partial charge in [-0.2, -0.15) is 0 Å². The topological polar surface area (TPSA) is 66.0 Å². The van der Waals surface area contributed by atoms with E-state index < -0.39 is 0 Å². The molecule has 1 N–H and O–H groups in total. The van der Waals surface area contributed by atoms with E-state index in [0.717, 1.165) is 0 Å². The van der Waals surface area contributed by atoms with Gasteiger partial charge in [-0.05, 0) is 0 Å². The predicted molar refractivity (Wildman–Crippen MR) is 58.4 cm³/mol. The molecule has 0 saturated carbocycles. The fraction of sp³-hybridized carbons (Fsp3) is 0.900. The highest BCUT2D eigenvalue weighted by Crippen LogP contribution is 1.81. The van der Waals surface area contributed by atoms with Crippen molar-refractivity contribution in [2.24, 2.45) is 0 Å². The standard InChI is InChI=1S/C10H21NO5/c1-13-4-5-15-8-9-16-7-6-14-3-2-11-10-12/h10H,2-9H2,1H3,(H,11,12). The zero-order chi connectivity index (χ0) is 11.9. The number of amides is 1. The zero-order valence-electron chi connectivity index (χ0n) is 9.78. The van der Waals surface area contributed by atoms with E-state index in [1.807, 2.05) is 0 Å². The first-order chi connectivity index (χ1) is 7.91. The molecule has 6 heteroatoms. The molecular formula is C10H21NO5. The summed E-state index contributed by atoms with van der Waals surface area (Å²) in [5.41, 5.74) is 0. The van der Waals surface area contributed by atoms with Crippen molar-refractivity contribution in [3.63, 3.8) is 0 Å². The fourth-order valence-electron chi connectivity index (χ4n) is 0.874. The number of nitrogens with one attached hydrogen (secondary N) is 1. The van der Waals surface area contributed by atoms with Crippen molar-refractivity contribution in [2.75, 3.05) is 59.9 Å². The molecule has 16 heavy (non-hydrogen) atoms. The molecule has 0 aliphatic carbocycles. The molecule has 0 aliphatic rings. The van der Waals surface area contributed by atoms with E-state index in [4.69, 9.17) is 18.9 Å². The maximum atomic E-state index is 9.87. The molecule has 0 atom stereocenters. The van der Waals surface area contributed by atoms with Crippen LogP contribution in [0.15, 0.2) is 0 Å². The van der Waals surface area contributed by atoms with Crippen LogP contribution in [0.1, 0.15) is 0 Å². The van der Waals surface area contributed by atoms with Gasteiger partial charge in [-0.25, -0.2) is 0 Å². The van der Waals surface area contributed by atoms with Crippen molar-refractivity contribution in [3.05, 3.63) is 0 Å². The fourth-order valence-corrected chi connectivity index (χ4v) is 0.874. The second kappa shape index (κ2) is 14.3. The Morgan fingerprint density at radius 1 is 0.875 bits per heavy atom. The number of carbonyl (C=O) groups excluding carboxylic acids is 1. The lowest BCUT2D eigenvalue weighted by atomic mass is 10.6. The average molecular weight is 235 g/mol. The first-order valence-electron chi connectivity index (χ1n) is 5.31. The zero-order valence-corrected chi connectivity index (χ0v) is 9.78. The summed E-state index contributed by atoms with van der Waals surface area (Å²) < 4.78 is 20.4. The lowest BCUT2D eigenvalue weighted by Gasteiger charge is -2.06. The second-order valence-electron chi connectivity index (χ2n) is 2.90. The maximum Gasteiger partial charge on any atom is 0.207 e. The van der Waals surface area contributed by atoms with Gasteiger partial charge in [0.1, 0.15) is 0 Å². The van der Waals surface area contributed by atoms with Gasteiger partial charge in [0.15, 0.2) is 0 Å². The minimum atomic E-state index is 0.506. The molecule has 0 aromatic rings. The van der Waals surface area contributed by atoms with Crippen LogP contribution in [-0.4, -0.2) is 66.3 Å². The van der Waals surface area contributed by atoms with Crippen molar-refractivity contribution in [3.8, 4) is 0 Å². The molecule has 0 spiro atoms. The van der Waals surface area contributed by atoms with Crippen LogP contribution in [0, 0.1) is 0 Å². The summed E-state index contributed by atoms with van der Waals surface area (Å²) in [5.74, 6) is 0. The summed E-state index contributed by atoms with van der Waals surface area (Å²) in [7, 11) is 1.64. The van der Waals surface area contributed by atoms with E-state index in [-0.39, 0.29) is 0 Å². The minimum absolute atomic E-state index is 0.506. The summed E-state index contributed by atoms with van der Waals surface area (Å²) in [6, 6.07) is 0. The molecule has 0 heterocycles. The van der Waals surface area contributed by atoms with Crippen LogP contribution >= 0.6 is 0 Å². The van der Waals surface area contributed by atoms with Gasteiger partial charge in [0.05, 0.1) is 46.2 Å². The minimum Gasteiger partial charge on any atom is -0.382 e. The van der Waals surface area contributed by atoms with E-state index in [1.165, 1.54) is 0 Å². The van der Waals surface area contributed by atoms with Crippen molar-refractivity contribution in [1.29, 1.82) is 0 Å². The number of carbonyl (C=O) groups is 1. The van der Waals surface area contributed by atoms with Gasteiger partial charge in [-0.3, -0.25) is 4.79 Å². The Bertz CT molecular complexity index is 145. The van der Waals surface area contributed by atoms with Crippen LogP contribution in [0.4, 0.5) is 0 Å². The van der Waals surface area contributed by atoms with Gasteiger partial charge in [0.2, 0.25) is 6.41 Å². The lowest BCUT2D eigenvalue weighted by Crippen LogP contribution is -2.19. The molecule has 1 amide bonds. The van der Waals surface area contributed by atoms with Gasteiger partial charge in [0.25, 0.3) is 0 Å². The smallest absolute Gasteiger partial charge is 0.207 e. The van der Waals surface area contributed by atoms with E-state index in [2.05, 4.69) is 5.32 Å². The van der Waals surface area contributed by atoms with Crippen LogP contribution in [0.2, 0.25) is 0 Å². The molecule has 0 aliphatic heterocycles. The van der Waals surface area contributed by atoms with Crippen molar-refractivity contribution >= 4 is 6.41 Å². The third kappa shape index (κ3) is 13.3. The average Bonchev–Trinajstić information content (AvgIpc) is 2.31. The van der Waals surface area contributed by atoms with E-state index in [1.54, 1.807) is 7.11 Å². The molecule has 96 valence electrons. The predicted octanol–water partition coefficient (Wildman–Crippen LogP) is -0.571. The second-order valence-corrected chi connectivity index (χ2v) is 2.90. The summed E-state index contributed by atoms with van der Waals surface area (Å²) in [6.45, 7) is 4.42. The van der Waals surface area contributed by atoms with Gasteiger partial charge < -0.3 is 24.3 Å².